The van der Waals surface area contributed by atoms with Crippen LogP contribution in [-0.4, -0.2) is 70.7 Å². The minimum Gasteiger partial charge on any atom is -0.378 e. The largest absolute Gasteiger partial charge is 0.378 e. The average molecular weight is 449 g/mol. The number of nitro groups is 1. The van der Waals surface area contributed by atoms with Gasteiger partial charge >= 0.3 is 0 Å². The standard InChI is InChI=1S/C16H24N4O7S2/c1-28(24,25)13-3-4-14(15(11-13)20(22)23)17-7-8-18-16(21)12-5-9-19(10-6-12)29(2,26)27/h3-4,11-12,17H,5-10H2,1-2H3,(H,18,21). The highest BCUT2D eigenvalue weighted by molar-refractivity contribution is 7.90. The van der Waals surface area contributed by atoms with Crippen LogP contribution in [0.2, 0.25) is 0 Å². The van der Waals surface area contributed by atoms with Gasteiger partial charge in [-0.1, -0.05) is 0 Å². The van der Waals surface area contributed by atoms with Crippen molar-refractivity contribution in [2.45, 2.75) is 17.7 Å². The highest BCUT2D eigenvalue weighted by Gasteiger charge is 2.28. The number of piperidine rings is 1. The number of hydrogen-bond donors (Lipinski definition) is 2. The van der Waals surface area contributed by atoms with Crippen LogP contribution in [0.4, 0.5) is 11.4 Å². The number of sulfonamides is 1. The van der Waals surface area contributed by atoms with Crippen molar-refractivity contribution in [2.75, 3.05) is 44.0 Å². The normalized spacial score (nSPS) is 16.3. The molecule has 1 fully saturated rings. The monoisotopic (exact) mass is 448 g/mol. The Balaban J connectivity index is 1.86. The van der Waals surface area contributed by atoms with Gasteiger partial charge in [0.2, 0.25) is 15.9 Å². The molecule has 0 spiro atoms. The highest BCUT2D eigenvalue weighted by atomic mass is 32.2. The third-order valence-electron chi connectivity index (χ3n) is 4.63. The van der Waals surface area contributed by atoms with E-state index >= 15 is 0 Å². The molecule has 2 rings (SSSR count). The van der Waals surface area contributed by atoms with Crippen LogP contribution in [0.1, 0.15) is 12.8 Å². The molecular formula is C16H24N4O7S2. The lowest BCUT2D eigenvalue weighted by atomic mass is 9.97. The molecule has 0 aliphatic carbocycles. The number of nitro benzene ring substituents is 1. The molecule has 1 aromatic rings. The predicted octanol–water partition coefficient (Wildman–Crippen LogP) is 0.198. The van der Waals surface area contributed by atoms with Crippen molar-refractivity contribution in [3.05, 3.63) is 28.3 Å². The van der Waals surface area contributed by atoms with E-state index < -0.39 is 24.8 Å². The average Bonchev–Trinajstić information content (AvgIpc) is 2.63. The number of sulfone groups is 1. The van der Waals surface area contributed by atoms with Crippen LogP contribution in [0.3, 0.4) is 0 Å². The number of benzene rings is 1. The first kappa shape index (κ1) is 23.0. The maximum atomic E-state index is 12.2. The molecule has 1 saturated heterocycles. The first-order valence-corrected chi connectivity index (χ1v) is 12.6. The Bertz CT molecular complexity index is 985. The molecule has 162 valence electrons. The first-order chi connectivity index (χ1) is 13.4. The molecule has 29 heavy (non-hydrogen) atoms. The second-order valence-corrected chi connectivity index (χ2v) is 10.9. The van der Waals surface area contributed by atoms with Crippen molar-refractivity contribution in [1.29, 1.82) is 0 Å². The topological polar surface area (TPSA) is 156 Å². The summed E-state index contributed by atoms with van der Waals surface area (Å²) < 4.78 is 47.4. The van der Waals surface area contributed by atoms with Crippen LogP contribution < -0.4 is 10.6 Å². The van der Waals surface area contributed by atoms with Gasteiger partial charge in [0, 0.05) is 44.4 Å². The molecule has 0 saturated carbocycles. The zero-order valence-corrected chi connectivity index (χ0v) is 17.8. The zero-order valence-electron chi connectivity index (χ0n) is 16.1. The van der Waals surface area contributed by atoms with Crippen LogP contribution in [0.15, 0.2) is 23.1 Å². The lowest BCUT2D eigenvalue weighted by Crippen LogP contribution is -2.43. The number of nitrogens with zero attached hydrogens (tertiary/aromatic N) is 2. The summed E-state index contributed by atoms with van der Waals surface area (Å²) in [6, 6.07) is 3.59. The van der Waals surface area contributed by atoms with Gasteiger partial charge in [-0.05, 0) is 25.0 Å². The zero-order chi connectivity index (χ0) is 21.8. The van der Waals surface area contributed by atoms with Crippen LogP contribution in [0.25, 0.3) is 0 Å². The molecule has 0 bridgehead atoms. The van der Waals surface area contributed by atoms with Gasteiger partial charge in [0.1, 0.15) is 5.69 Å². The molecular weight excluding hydrogens is 424 g/mol. The van der Waals surface area contributed by atoms with Gasteiger partial charge in [0.05, 0.1) is 16.1 Å². The summed E-state index contributed by atoms with van der Waals surface area (Å²) in [7, 11) is -6.82. The maximum absolute atomic E-state index is 12.2. The van der Waals surface area contributed by atoms with Crippen molar-refractivity contribution in [2.24, 2.45) is 5.92 Å². The Labute approximate surface area is 169 Å². The number of anilines is 1. The van der Waals surface area contributed by atoms with Gasteiger partial charge < -0.3 is 10.6 Å². The quantitative estimate of drug-likeness (QED) is 0.324. The van der Waals surface area contributed by atoms with E-state index in [-0.39, 0.29) is 41.2 Å². The third kappa shape index (κ3) is 6.37. The van der Waals surface area contributed by atoms with Gasteiger partial charge in [-0.15, -0.1) is 0 Å². The van der Waals surface area contributed by atoms with Crippen molar-refractivity contribution in [1.82, 2.24) is 9.62 Å². The van der Waals surface area contributed by atoms with E-state index in [2.05, 4.69) is 10.6 Å². The van der Waals surface area contributed by atoms with E-state index in [9.17, 15) is 31.7 Å². The molecule has 1 heterocycles. The molecule has 1 aliphatic heterocycles. The molecule has 1 aliphatic rings. The Morgan fingerprint density at radius 3 is 2.31 bits per heavy atom. The summed E-state index contributed by atoms with van der Waals surface area (Å²) in [4.78, 5) is 22.6. The number of amides is 1. The summed E-state index contributed by atoms with van der Waals surface area (Å²) in [6.45, 7) is 1.01. The molecule has 13 heteroatoms. The summed E-state index contributed by atoms with van der Waals surface area (Å²) in [5.41, 5.74) is -0.217. The Morgan fingerprint density at radius 2 is 1.79 bits per heavy atom. The van der Waals surface area contributed by atoms with Gasteiger partial charge in [-0.3, -0.25) is 14.9 Å². The molecule has 0 atom stereocenters. The Morgan fingerprint density at radius 1 is 1.17 bits per heavy atom. The van der Waals surface area contributed by atoms with Crippen LogP contribution in [0, 0.1) is 16.0 Å². The molecule has 0 aromatic heterocycles. The van der Waals surface area contributed by atoms with E-state index in [1.165, 1.54) is 16.4 Å². The summed E-state index contributed by atoms with van der Waals surface area (Å²) in [6.07, 6.45) is 2.98. The number of nitrogens with one attached hydrogen (secondary N) is 2. The van der Waals surface area contributed by atoms with Crippen LogP contribution in [0.5, 0.6) is 0 Å². The predicted molar refractivity (Wildman–Crippen MR) is 107 cm³/mol. The molecule has 11 nitrogen and oxygen atoms in total. The first-order valence-electron chi connectivity index (χ1n) is 8.85. The van der Waals surface area contributed by atoms with Crippen molar-refractivity contribution in [3.63, 3.8) is 0 Å². The van der Waals surface area contributed by atoms with Gasteiger partial charge in [-0.2, -0.15) is 0 Å². The lowest BCUT2D eigenvalue weighted by Gasteiger charge is -2.29. The SMILES string of the molecule is CS(=O)(=O)c1ccc(NCCNC(=O)C2CCN(S(C)(=O)=O)CC2)c([N+](=O)[O-])c1. The second-order valence-electron chi connectivity index (χ2n) is 6.86. The van der Waals surface area contributed by atoms with Crippen LogP contribution in [-0.2, 0) is 24.7 Å². The highest BCUT2D eigenvalue weighted by Crippen LogP contribution is 2.27. The fourth-order valence-corrected chi connectivity index (χ4v) is 4.53. The lowest BCUT2D eigenvalue weighted by molar-refractivity contribution is -0.384. The summed E-state index contributed by atoms with van der Waals surface area (Å²) in [5, 5.41) is 16.7. The fraction of sp³-hybridized carbons (Fsp3) is 0.562. The molecule has 1 amide bonds. The summed E-state index contributed by atoms with van der Waals surface area (Å²) in [5.74, 6) is -0.474. The Hall–Kier alpha value is -2.25. The van der Waals surface area contributed by atoms with E-state index in [0.29, 0.717) is 25.9 Å². The maximum Gasteiger partial charge on any atom is 0.293 e. The van der Waals surface area contributed by atoms with Crippen molar-refractivity contribution < 1.29 is 26.6 Å². The van der Waals surface area contributed by atoms with Gasteiger partial charge in [0.15, 0.2) is 9.84 Å². The molecule has 0 unspecified atom stereocenters. The number of hydrogen-bond acceptors (Lipinski definition) is 8. The summed E-state index contributed by atoms with van der Waals surface area (Å²) >= 11 is 0. The molecule has 2 N–H and O–H groups in total. The van der Waals surface area contributed by atoms with Crippen molar-refractivity contribution in [3.8, 4) is 0 Å². The molecule has 1 aromatic carbocycles. The Kier molecular flexibility index (Phi) is 7.19. The minimum absolute atomic E-state index is 0.150. The number of carbonyl (C=O) groups is 1. The molecule has 0 radical (unpaired) electrons. The van der Waals surface area contributed by atoms with E-state index in [0.717, 1.165) is 18.6 Å². The minimum atomic E-state index is -3.57. The van der Waals surface area contributed by atoms with E-state index in [4.69, 9.17) is 0 Å². The number of carbonyl (C=O) groups excluding carboxylic acids is 1. The fourth-order valence-electron chi connectivity index (χ4n) is 3.02. The third-order valence-corrected chi connectivity index (χ3v) is 7.04. The van der Waals surface area contributed by atoms with Gasteiger partial charge in [-0.25, -0.2) is 21.1 Å². The second kappa shape index (κ2) is 9.05. The van der Waals surface area contributed by atoms with Crippen LogP contribution >= 0.6 is 0 Å². The van der Waals surface area contributed by atoms with Crippen molar-refractivity contribution >= 4 is 37.1 Å². The van der Waals surface area contributed by atoms with Gasteiger partial charge in [0.25, 0.3) is 5.69 Å². The smallest absolute Gasteiger partial charge is 0.293 e. The van der Waals surface area contributed by atoms with E-state index in [1.807, 2.05) is 0 Å². The number of rotatable bonds is 8. The van der Waals surface area contributed by atoms with E-state index in [1.54, 1.807) is 0 Å².